The summed E-state index contributed by atoms with van der Waals surface area (Å²) in [6.45, 7) is 4.40. The molecule has 134 valence electrons. The van der Waals surface area contributed by atoms with Crippen LogP contribution in [0.1, 0.15) is 18.0 Å². The van der Waals surface area contributed by atoms with Crippen LogP contribution in [0.2, 0.25) is 0 Å². The predicted octanol–water partition coefficient (Wildman–Crippen LogP) is 2.61. The van der Waals surface area contributed by atoms with Gasteiger partial charge in [-0.25, -0.2) is 0 Å². The van der Waals surface area contributed by atoms with Crippen molar-refractivity contribution in [2.45, 2.75) is 12.5 Å². The van der Waals surface area contributed by atoms with E-state index in [0.717, 1.165) is 38.2 Å². The largest absolute Gasteiger partial charge is 0.504 e. The molecule has 5 nitrogen and oxygen atoms in total. The third-order valence-corrected chi connectivity index (χ3v) is 4.93. The molecule has 3 N–H and O–H groups in total. The lowest BCUT2D eigenvalue weighted by Crippen LogP contribution is -2.48. The molecule has 1 unspecified atom stereocenters. The van der Waals surface area contributed by atoms with Crippen LogP contribution in [0.3, 0.4) is 0 Å². The summed E-state index contributed by atoms with van der Waals surface area (Å²) in [5.74, 6) is 0.747. The average molecular weight is 341 g/mol. The normalized spacial score (nSPS) is 16.6. The van der Waals surface area contributed by atoms with Crippen LogP contribution in [-0.2, 0) is 0 Å². The van der Waals surface area contributed by atoms with Crippen LogP contribution in [0.15, 0.2) is 48.5 Å². The highest BCUT2D eigenvalue weighted by molar-refractivity contribution is 5.48. The van der Waals surface area contributed by atoms with Crippen LogP contribution < -0.4 is 15.4 Å². The van der Waals surface area contributed by atoms with E-state index in [1.54, 1.807) is 13.2 Å². The molecule has 1 heterocycles. The number of nitrogens with two attached hydrogens (primary N) is 1. The molecule has 5 heteroatoms. The Morgan fingerprint density at radius 3 is 2.40 bits per heavy atom. The van der Waals surface area contributed by atoms with Gasteiger partial charge in [-0.05, 0) is 31.2 Å². The van der Waals surface area contributed by atoms with Crippen LogP contribution in [0.4, 0.5) is 5.69 Å². The maximum absolute atomic E-state index is 10.5. The van der Waals surface area contributed by atoms with Gasteiger partial charge in [-0.3, -0.25) is 4.90 Å². The first-order valence-electron chi connectivity index (χ1n) is 8.84. The van der Waals surface area contributed by atoms with Gasteiger partial charge < -0.3 is 20.5 Å². The molecule has 0 aromatic heterocycles. The van der Waals surface area contributed by atoms with Crippen molar-refractivity contribution in [1.82, 2.24) is 4.90 Å². The molecule has 2 aromatic carbocycles. The third-order valence-electron chi connectivity index (χ3n) is 4.93. The number of methoxy groups -OCH3 is 1. The van der Waals surface area contributed by atoms with Crippen molar-refractivity contribution in [2.24, 2.45) is 5.73 Å². The van der Waals surface area contributed by atoms with E-state index < -0.39 is 0 Å². The smallest absolute Gasteiger partial charge is 0.162 e. The van der Waals surface area contributed by atoms with Crippen LogP contribution in [-0.4, -0.2) is 49.8 Å². The van der Waals surface area contributed by atoms with Gasteiger partial charge in [-0.2, -0.15) is 0 Å². The van der Waals surface area contributed by atoms with Crippen LogP contribution in [0.25, 0.3) is 0 Å². The van der Waals surface area contributed by atoms with E-state index in [1.807, 2.05) is 18.2 Å². The SMILES string of the molecule is COc1cccc(C(CCN)N2CCN(c3ccccc3)CC2)c1O. The van der Waals surface area contributed by atoms with Gasteiger partial charge in [0.25, 0.3) is 0 Å². The molecule has 2 aromatic rings. The summed E-state index contributed by atoms with van der Waals surface area (Å²) < 4.78 is 5.27. The molecule has 1 saturated heterocycles. The maximum Gasteiger partial charge on any atom is 0.162 e. The topological polar surface area (TPSA) is 62.0 Å². The molecule has 1 fully saturated rings. The molecule has 0 aliphatic carbocycles. The fraction of sp³-hybridized carbons (Fsp3) is 0.400. The van der Waals surface area contributed by atoms with Crippen molar-refractivity contribution in [2.75, 3.05) is 44.7 Å². The number of hydrogen-bond acceptors (Lipinski definition) is 5. The number of phenolic OH excluding ortho intramolecular Hbond substituents is 1. The lowest BCUT2D eigenvalue weighted by molar-refractivity contribution is 0.175. The Morgan fingerprint density at radius 2 is 1.76 bits per heavy atom. The lowest BCUT2D eigenvalue weighted by atomic mass is 9.99. The number of para-hydroxylation sites is 2. The highest BCUT2D eigenvalue weighted by Crippen LogP contribution is 2.37. The number of nitrogens with zero attached hydrogens (tertiary/aromatic N) is 2. The fourth-order valence-corrected chi connectivity index (χ4v) is 3.60. The second-order valence-electron chi connectivity index (χ2n) is 6.35. The lowest BCUT2D eigenvalue weighted by Gasteiger charge is -2.40. The first-order chi connectivity index (χ1) is 12.2. The average Bonchev–Trinajstić information content (AvgIpc) is 2.67. The minimum atomic E-state index is 0.109. The standard InChI is InChI=1S/C20H27N3O2/c1-25-19-9-5-8-17(20(19)24)18(10-11-21)23-14-12-22(13-15-23)16-6-3-2-4-7-16/h2-9,18,24H,10-15,21H2,1H3. The number of ether oxygens (including phenoxy) is 1. The summed E-state index contributed by atoms with van der Waals surface area (Å²) >= 11 is 0. The van der Waals surface area contributed by atoms with Crippen molar-refractivity contribution in [1.29, 1.82) is 0 Å². The van der Waals surface area contributed by atoms with Crippen LogP contribution in [0, 0.1) is 0 Å². The van der Waals surface area contributed by atoms with Gasteiger partial charge in [0.05, 0.1) is 7.11 Å². The van der Waals surface area contributed by atoms with E-state index in [9.17, 15) is 5.11 Å². The molecule has 3 rings (SSSR count). The number of phenols is 1. The van der Waals surface area contributed by atoms with E-state index in [1.165, 1.54) is 5.69 Å². The Hall–Kier alpha value is -2.24. The van der Waals surface area contributed by atoms with Crippen molar-refractivity contribution >= 4 is 5.69 Å². The molecule has 0 spiro atoms. The van der Waals surface area contributed by atoms with Gasteiger partial charge in [-0.1, -0.05) is 30.3 Å². The predicted molar refractivity (Wildman–Crippen MR) is 101 cm³/mol. The van der Waals surface area contributed by atoms with Crippen molar-refractivity contribution in [3.05, 3.63) is 54.1 Å². The number of rotatable bonds is 6. The summed E-state index contributed by atoms with van der Waals surface area (Å²) in [5, 5.41) is 10.5. The second kappa shape index (κ2) is 8.23. The molecule has 1 aliphatic heterocycles. The summed E-state index contributed by atoms with van der Waals surface area (Å²) in [6, 6.07) is 16.3. The molecular weight excluding hydrogens is 314 g/mol. The van der Waals surface area contributed by atoms with Gasteiger partial charge in [-0.15, -0.1) is 0 Å². The first kappa shape index (κ1) is 17.6. The maximum atomic E-state index is 10.5. The minimum absolute atomic E-state index is 0.109. The van der Waals surface area contributed by atoms with E-state index in [-0.39, 0.29) is 11.8 Å². The van der Waals surface area contributed by atoms with Crippen LogP contribution in [0.5, 0.6) is 11.5 Å². The van der Waals surface area contributed by atoms with E-state index in [0.29, 0.717) is 12.3 Å². The van der Waals surface area contributed by atoms with Gasteiger partial charge in [0.1, 0.15) is 0 Å². The Kier molecular flexibility index (Phi) is 5.79. The van der Waals surface area contributed by atoms with Gasteiger partial charge in [0.2, 0.25) is 0 Å². The number of benzene rings is 2. The molecule has 0 bridgehead atoms. The van der Waals surface area contributed by atoms with E-state index in [2.05, 4.69) is 34.1 Å². The zero-order valence-corrected chi connectivity index (χ0v) is 14.8. The molecule has 25 heavy (non-hydrogen) atoms. The molecule has 1 aliphatic rings. The number of anilines is 1. The minimum Gasteiger partial charge on any atom is -0.504 e. The van der Waals surface area contributed by atoms with E-state index in [4.69, 9.17) is 10.5 Å². The summed E-state index contributed by atoms with van der Waals surface area (Å²) in [6.07, 6.45) is 0.812. The highest BCUT2D eigenvalue weighted by atomic mass is 16.5. The summed E-state index contributed by atoms with van der Waals surface area (Å²) in [5.41, 5.74) is 8.03. The Balaban J connectivity index is 1.75. The third kappa shape index (κ3) is 3.89. The molecule has 0 radical (unpaired) electrons. The molecule has 0 saturated carbocycles. The van der Waals surface area contributed by atoms with Crippen LogP contribution >= 0.6 is 0 Å². The van der Waals surface area contributed by atoms with E-state index >= 15 is 0 Å². The van der Waals surface area contributed by atoms with Crippen molar-refractivity contribution in [3.8, 4) is 11.5 Å². The zero-order valence-electron chi connectivity index (χ0n) is 14.8. The van der Waals surface area contributed by atoms with Gasteiger partial charge in [0.15, 0.2) is 11.5 Å². The Morgan fingerprint density at radius 1 is 1.04 bits per heavy atom. The summed E-state index contributed by atoms with van der Waals surface area (Å²) in [4.78, 5) is 4.82. The monoisotopic (exact) mass is 341 g/mol. The zero-order chi connectivity index (χ0) is 17.6. The van der Waals surface area contributed by atoms with Gasteiger partial charge >= 0.3 is 0 Å². The van der Waals surface area contributed by atoms with Crippen molar-refractivity contribution in [3.63, 3.8) is 0 Å². The number of piperazine rings is 1. The number of aromatic hydroxyl groups is 1. The molecule has 1 atom stereocenters. The fourth-order valence-electron chi connectivity index (χ4n) is 3.60. The highest BCUT2D eigenvalue weighted by Gasteiger charge is 2.27. The second-order valence-corrected chi connectivity index (χ2v) is 6.35. The quantitative estimate of drug-likeness (QED) is 0.846. The summed E-state index contributed by atoms with van der Waals surface area (Å²) in [7, 11) is 1.58. The molecule has 0 amide bonds. The van der Waals surface area contributed by atoms with Crippen molar-refractivity contribution < 1.29 is 9.84 Å². The van der Waals surface area contributed by atoms with Gasteiger partial charge in [0, 0.05) is 43.5 Å². The first-order valence-corrected chi connectivity index (χ1v) is 8.84. The molecular formula is C20H27N3O2. The number of hydrogen-bond donors (Lipinski definition) is 2. The Labute approximate surface area is 149 Å². The Bertz CT molecular complexity index is 670.